The minimum atomic E-state index is -0.557. The van der Waals surface area contributed by atoms with Gasteiger partial charge in [0.1, 0.15) is 6.61 Å². The number of amides is 1. The maximum atomic E-state index is 11.8. The molecule has 0 aromatic heterocycles. The lowest BCUT2D eigenvalue weighted by Crippen LogP contribution is -2.33. The number of nitrogens with one attached hydrogen (secondary N) is 1. The summed E-state index contributed by atoms with van der Waals surface area (Å²) in [7, 11) is 0. The molecule has 0 aliphatic heterocycles. The number of rotatable bonds is 6. The molecule has 1 fully saturated rings. The minimum absolute atomic E-state index is 0.251. The van der Waals surface area contributed by atoms with Crippen molar-refractivity contribution in [2.45, 2.75) is 25.6 Å². The molecule has 120 valence electrons. The van der Waals surface area contributed by atoms with Crippen LogP contribution in [0.25, 0.3) is 0 Å². The number of carbonyl (C=O) groups is 1. The zero-order valence-corrected chi connectivity index (χ0v) is 12.9. The van der Waals surface area contributed by atoms with Crippen molar-refractivity contribution in [2.24, 2.45) is 5.41 Å². The van der Waals surface area contributed by atoms with Crippen LogP contribution in [0.5, 0.6) is 0 Å². The quantitative estimate of drug-likeness (QED) is 0.859. The summed E-state index contributed by atoms with van der Waals surface area (Å²) in [5.74, 6) is 0. The zero-order chi connectivity index (χ0) is 16.1. The van der Waals surface area contributed by atoms with Crippen LogP contribution in [0.2, 0.25) is 0 Å². The highest BCUT2D eigenvalue weighted by atomic mass is 16.5. The molecular weight excluding hydrogens is 290 g/mol. The Morgan fingerprint density at radius 3 is 2.30 bits per heavy atom. The molecule has 0 radical (unpaired) electrons. The van der Waals surface area contributed by atoms with E-state index in [-0.39, 0.29) is 12.0 Å². The van der Waals surface area contributed by atoms with Gasteiger partial charge in [0.2, 0.25) is 0 Å². The van der Waals surface area contributed by atoms with Crippen LogP contribution in [-0.4, -0.2) is 17.7 Å². The van der Waals surface area contributed by atoms with E-state index in [4.69, 9.17) is 4.74 Å². The third kappa shape index (κ3) is 3.90. The fourth-order valence-electron chi connectivity index (χ4n) is 2.72. The molecule has 3 rings (SSSR count). The molecule has 1 atom stereocenters. The predicted molar refractivity (Wildman–Crippen MR) is 87.7 cm³/mol. The summed E-state index contributed by atoms with van der Waals surface area (Å²) in [5, 5.41) is 13.3. The van der Waals surface area contributed by atoms with Gasteiger partial charge in [0.05, 0.1) is 6.10 Å². The molecule has 0 heterocycles. The van der Waals surface area contributed by atoms with E-state index in [1.807, 2.05) is 60.7 Å². The van der Waals surface area contributed by atoms with Gasteiger partial charge in [0.15, 0.2) is 0 Å². The second kappa shape index (κ2) is 6.84. The Balaban J connectivity index is 1.49. The van der Waals surface area contributed by atoms with Gasteiger partial charge in [-0.3, -0.25) is 0 Å². The largest absolute Gasteiger partial charge is 0.445 e. The van der Waals surface area contributed by atoms with Crippen molar-refractivity contribution in [1.82, 2.24) is 5.32 Å². The Bertz CT molecular complexity index is 638. The van der Waals surface area contributed by atoms with Crippen LogP contribution in [0.4, 0.5) is 4.79 Å². The Hall–Kier alpha value is -2.33. The summed E-state index contributed by atoms with van der Waals surface area (Å²) in [6.45, 7) is 0.678. The van der Waals surface area contributed by atoms with Crippen molar-refractivity contribution in [1.29, 1.82) is 0 Å². The van der Waals surface area contributed by atoms with Crippen LogP contribution in [-0.2, 0) is 11.3 Å². The molecule has 1 aliphatic carbocycles. The molecule has 1 aliphatic rings. The molecule has 1 unspecified atom stereocenters. The molecule has 4 nitrogen and oxygen atoms in total. The number of carbonyl (C=O) groups excluding carboxylic acids is 1. The topological polar surface area (TPSA) is 58.6 Å². The highest BCUT2D eigenvalue weighted by Crippen LogP contribution is 2.54. The second-order valence-corrected chi connectivity index (χ2v) is 6.09. The van der Waals surface area contributed by atoms with Gasteiger partial charge in [-0.05, 0) is 24.0 Å². The predicted octanol–water partition coefficient (Wildman–Crippen LogP) is 3.43. The number of aliphatic hydroxyl groups is 1. The third-order valence-electron chi connectivity index (χ3n) is 4.39. The number of aliphatic hydroxyl groups excluding tert-OH is 1. The van der Waals surface area contributed by atoms with Crippen molar-refractivity contribution in [3.8, 4) is 0 Å². The standard InChI is InChI=1S/C19H21NO3/c21-17(16-9-5-2-6-10-16)19(11-12-19)14-20-18(22)23-13-15-7-3-1-4-8-15/h1-10,17,21H,11-14H2,(H,20,22). The lowest BCUT2D eigenvalue weighted by molar-refractivity contribution is 0.0869. The van der Waals surface area contributed by atoms with E-state index in [9.17, 15) is 9.90 Å². The smallest absolute Gasteiger partial charge is 0.407 e. The number of hydrogen-bond donors (Lipinski definition) is 2. The van der Waals surface area contributed by atoms with Crippen LogP contribution in [0, 0.1) is 5.41 Å². The molecule has 2 aromatic rings. The van der Waals surface area contributed by atoms with E-state index in [1.165, 1.54) is 0 Å². The minimum Gasteiger partial charge on any atom is -0.445 e. The number of hydrogen-bond acceptors (Lipinski definition) is 3. The maximum Gasteiger partial charge on any atom is 0.407 e. The molecule has 0 bridgehead atoms. The fourth-order valence-corrected chi connectivity index (χ4v) is 2.72. The van der Waals surface area contributed by atoms with Gasteiger partial charge in [-0.2, -0.15) is 0 Å². The Morgan fingerprint density at radius 2 is 1.70 bits per heavy atom. The van der Waals surface area contributed by atoms with Crippen molar-refractivity contribution >= 4 is 6.09 Å². The molecule has 23 heavy (non-hydrogen) atoms. The van der Waals surface area contributed by atoms with E-state index < -0.39 is 12.2 Å². The van der Waals surface area contributed by atoms with Gasteiger partial charge in [0, 0.05) is 12.0 Å². The highest BCUT2D eigenvalue weighted by Gasteiger charge is 2.49. The molecule has 1 amide bonds. The second-order valence-electron chi connectivity index (χ2n) is 6.09. The van der Waals surface area contributed by atoms with E-state index in [0.29, 0.717) is 6.54 Å². The van der Waals surface area contributed by atoms with Gasteiger partial charge < -0.3 is 15.2 Å². The number of benzene rings is 2. The molecule has 0 spiro atoms. The van der Waals surface area contributed by atoms with Crippen LogP contribution in [0.15, 0.2) is 60.7 Å². The van der Waals surface area contributed by atoms with Crippen molar-refractivity contribution in [3.05, 3.63) is 71.8 Å². The van der Waals surface area contributed by atoms with Crippen LogP contribution in [0.1, 0.15) is 30.1 Å². The number of alkyl carbamates (subject to hydrolysis) is 1. The first kappa shape index (κ1) is 15.6. The van der Waals surface area contributed by atoms with Crippen molar-refractivity contribution < 1.29 is 14.6 Å². The van der Waals surface area contributed by atoms with Gasteiger partial charge in [-0.1, -0.05) is 60.7 Å². The summed E-state index contributed by atoms with van der Waals surface area (Å²) in [6, 6.07) is 19.1. The summed E-state index contributed by atoms with van der Waals surface area (Å²) >= 11 is 0. The van der Waals surface area contributed by atoms with Gasteiger partial charge in [0.25, 0.3) is 0 Å². The summed E-state index contributed by atoms with van der Waals surface area (Å²) < 4.78 is 5.21. The van der Waals surface area contributed by atoms with E-state index in [0.717, 1.165) is 24.0 Å². The lowest BCUT2D eigenvalue weighted by Gasteiger charge is -2.23. The third-order valence-corrected chi connectivity index (χ3v) is 4.39. The fraction of sp³-hybridized carbons (Fsp3) is 0.316. The Morgan fingerprint density at radius 1 is 1.09 bits per heavy atom. The lowest BCUT2D eigenvalue weighted by atomic mass is 9.93. The average Bonchev–Trinajstić information content (AvgIpc) is 3.40. The molecular formula is C19H21NO3. The van der Waals surface area contributed by atoms with Gasteiger partial charge >= 0.3 is 6.09 Å². The Labute approximate surface area is 136 Å². The van der Waals surface area contributed by atoms with Crippen LogP contribution in [0.3, 0.4) is 0 Å². The first-order chi connectivity index (χ1) is 11.2. The first-order valence-electron chi connectivity index (χ1n) is 7.87. The SMILES string of the molecule is O=C(NCC1(C(O)c2ccccc2)CC1)OCc1ccccc1. The van der Waals surface area contributed by atoms with Crippen molar-refractivity contribution in [3.63, 3.8) is 0 Å². The zero-order valence-electron chi connectivity index (χ0n) is 12.9. The van der Waals surface area contributed by atoms with Gasteiger partial charge in [-0.15, -0.1) is 0 Å². The first-order valence-corrected chi connectivity index (χ1v) is 7.87. The van der Waals surface area contributed by atoms with Gasteiger partial charge in [-0.25, -0.2) is 4.79 Å². The van der Waals surface area contributed by atoms with E-state index >= 15 is 0 Å². The summed E-state index contributed by atoms with van der Waals surface area (Å²) in [6.07, 6.45) is 0.808. The molecule has 1 saturated carbocycles. The van der Waals surface area contributed by atoms with E-state index in [1.54, 1.807) is 0 Å². The molecule has 2 N–H and O–H groups in total. The number of ether oxygens (including phenoxy) is 1. The molecule has 0 saturated heterocycles. The maximum absolute atomic E-state index is 11.8. The normalized spacial score (nSPS) is 16.4. The summed E-state index contributed by atoms with van der Waals surface area (Å²) in [4.78, 5) is 11.8. The van der Waals surface area contributed by atoms with E-state index in [2.05, 4.69) is 5.32 Å². The molecule has 2 aromatic carbocycles. The summed E-state index contributed by atoms with van der Waals surface area (Å²) in [5.41, 5.74) is 1.59. The Kier molecular flexibility index (Phi) is 4.63. The van der Waals surface area contributed by atoms with Crippen molar-refractivity contribution in [2.75, 3.05) is 6.54 Å². The average molecular weight is 311 g/mol. The monoisotopic (exact) mass is 311 g/mol. The molecule has 4 heteroatoms. The van der Waals surface area contributed by atoms with Crippen LogP contribution >= 0.6 is 0 Å². The highest BCUT2D eigenvalue weighted by molar-refractivity contribution is 5.67. The van der Waals surface area contributed by atoms with Crippen LogP contribution < -0.4 is 5.32 Å².